The third-order valence-corrected chi connectivity index (χ3v) is 1.53. The van der Waals surface area contributed by atoms with E-state index >= 15 is 0 Å². The summed E-state index contributed by atoms with van der Waals surface area (Å²) in [5.74, 6) is -0.0560. The molecule has 0 fully saturated rings. The number of aliphatic hydroxyl groups excluding tert-OH is 1. The Morgan fingerprint density at radius 1 is 1.58 bits per heavy atom. The van der Waals surface area contributed by atoms with Gasteiger partial charge in [0.15, 0.2) is 0 Å². The first kappa shape index (κ1) is 11.4. The normalized spacial score (nSPS) is 11.3. The van der Waals surface area contributed by atoms with Crippen LogP contribution in [0.5, 0.6) is 0 Å². The van der Waals surface area contributed by atoms with E-state index in [0.29, 0.717) is 19.5 Å². The zero-order valence-electron chi connectivity index (χ0n) is 7.76. The third kappa shape index (κ3) is 5.09. The maximum absolute atomic E-state index is 11.1. The van der Waals surface area contributed by atoms with Gasteiger partial charge in [0.05, 0.1) is 0 Å². The minimum Gasteiger partial charge on any atom is -0.396 e. The van der Waals surface area contributed by atoms with Crippen LogP contribution in [0, 0.1) is 5.41 Å². The van der Waals surface area contributed by atoms with Crippen LogP contribution in [-0.2, 0) is 4.79 Å². The monoisotopic (exact) mass is 174 g/mol. The first-order valence-electron chi connectivity index (χ1n) is 4.09. The largest absolute Gasteiger partial charge is 0.396 e. The zero-order valence-corrected chi connectivity index (χ0v) is 7.76. The average Bonchev–Trinajstić information content (AvgIpc) is 2.00. The van der Waals surface area contributed by atoms with Gasteiger partial charge in [-0.3, -0.25) is 4.79 Å². The quantitative estimate of drug-likeness (QED) is 0.524. The summed E-state index contributed by atoms with van der Waals surface area (Å²) >= 11 is 0. The maximum atomic E-state index is 11.1. The molecular weight excluding hydrogens is 156 g/mol. The second-order valence-corrected chi connectivity index (χ2v) is 3.64. The molecule has 0 saturated heterocycles. The molecule has 0 atom stereocenters. The molecule has 0 rings (SSSR count). The van der Waals surface area contributed by atoms with Crippen LogP contribution in [0.2, 0.25) is 0 Å². The molecule has 0 unspecified atom stereocenters. The van der Waals surface area contributed by atoms with Crippen molar-refractivity contribution in [1.29, 1.82) is 0 Å². The van der Waals surface area contributed by atoms with E-state index in [4.69, 9.17) is 10.8 Å². The number of amides is 1. The number of hydrogen-bond acceptors (Lipinski definition) is 3. The van der Waals surface area contributed by atoms with E-state index in [1.54, 1.807) is 0 Å². The molecule has 0 saturated carbocycles. The molecule has 0 aliphatic heterocycles. The summed E-state index contributed by atoms with van der Waals surface area (Å²) in [6, 6.07) is 0. The Hall–Kier alpha value is -0.610. The summed E-state index contributed by atoms with van der Waals surface area (Å²) in [7, 11) is 0. The Morgan fingerprint density at radius 3 is 2.58 bits per heavy atom. The molecule has 0 heterocycles. The highest BCUT2D eigenvalue weighted by Gasteiger charge is 2.20. The molecule has 0 aliphatic carbocycles. The fourth-order valence-electron chi connectivity index (χ4n) is 0.765. The first-order valence-corrected chi connectivity index (χ1v) is 4.09. The predicted molar refractivity (Wildman–Crippen MR) is 47.5 cm³/mol. The lowest BCUT2D eigenvalue weighted by atomic mass is 9.90. The summed E-state index contributed by atoms with van der Waals surface area (Å²) < 4.78 is 0. The van der Waals surface area contributed by atoms with Crippen molar-refractivity contribution >= 4 is 5.91 Å². The van der Waals surface area contributed by atoms with Crippen LogP contribution >= 0.6 is 0 Å². The number of nitrogens with one attached hydrogen (secondary N) is 1. The number of carbonyl (C=O) groups excluding carboxylic acids is 1. The molecule has 0 spiro atoms. The van der Waals surface area contributed by atoms with Crippen LogP contribution < -0.4 is 11.1 Å². The van der Waals surface area contributed by atoms with Gasteiger partial charge < -0.3 is 16.2 Å². The van der Waals surface area contributed by atoms with E-state index in [0.717, 1.165) is 0 Å². The lowest BCUT2D eigenvalue weighted by Crippen LogP contribution is -2.33. The summed E-state index contributed by atoms with van der Waals surface area (Å²) in [6.07, 6.45) is 0.337. The van der Waals surface area contributed by atoms with Crippen LogP contribution in [0.4, 0.5) is 0 Å². The molecule has 12 heavy (non-hydrogen) atoms. The minimum absolute atomic E-state index is 0.0169. The predicted octanol–water partition coefficient (Wildman–Crippen LogP) is -0.530. The van der Waals surface area contributed by atoms with Gasteiger partial charge in [0.2, 0.25) is 5.91 Å². The molecule has 1 amide bonds. The van der Waals surface area contributed by atoms with Crippen molar-refractivity contribution in [3.63, 3.8) is 0 Å². The van der Waals surface area contributed by atoms with E-state index in [1.165, 1.54) is 0 Å². The van der Waals surface area contributed by atoms with Crippen molar-refractivity contribution in [3.8, 4) is 0 Å². The number of hydrogen-bond donors (Lipinski definition) is 3. The molecule has 0 aromatic rings. The van der Waals surface area contributed by atoms with Crippen molar-refractivity contribution in [2.75, 3.05) is 19.7 Å². The summed E-state index contributed by atoms with van der Waals surface area (Å²) in [4.78, 5) is 11.1. The van der Waals surface area contributed by atoms with E-state index in [9.17, 15) is 4.79 Å². The minimum atomic E-state index is -0.335. The van der Waals surface area contributed by atoms with Crippen LogP contribution in [-0.4, -0.2) is 30.7 Å². The number of aliphatic hydroxyl groups is 1. The second kappa shape index (κ2) is 5.11. The van der Waals surface area contributed by atoms with Gasteiger partial charge >= 0.3 is 0 Å². The van der Waals surface area contributed by atoms with E-state index in [-0.39, 0.29) is 17.9 Å². The third-order valence-electron chi connectivity index (χ3n) is 1.53. The van der Waals surface area contributed by atoms with Crippen LogP contribution in [0.3, 0.4) is 0 Å². The maximum Gasteiger partial charge on any atom is 0.220 e. The van der Waals surface area contributed by atoms with Crippen LogP contribution in [0.25, 0.3) is 0 Å². The van der Waals surface area contributed by atoms with Gasteiger partial charge in [-0.15, -0.1) is 0 Å². The van der Waals surface area contributed by atoms with Gasteiger partial charge in [-0.2, -0.15) is 0 Å². The summed E-state index contributed by atoms with van der Waals surface area (Å²) in [5, 5.41) is 11.5. The topological polar surface area (TPSA) is 75.3 Å². The average molecular weight is 174 g/mol. The van der Waals surface area contributed by atoms with E-state index in [2.05, 4.69) is 5.32 Å². The SMILES string of the molecule is CC(C)(CO)CC(=O)NCCN. The highest BCUT2D eigenvalue weighted by molar-refractivity contribution is 5.76. The van der Waals surface area contributed by atoms with Gasteiger partial charge in [0.1, 0.15) is 0 Å². The molecule has 72 valence electrons. The summed E-state index contributed by atoms with van der Waals surface area (Å²) in [5.41, 5.74) is 4.87. The fourth-order valence-corrected chi connectivity index (χ4v) is 0.765. The molecule has 0 radical (unpaired) electrons. The van der Waals surface area contributed by atoms with Gasteiger partial charge in [-0.05, 0) is 5.41 Å². The first-order chi connectivity index (χ1) is 5.52. The Morgan fingerprint density at radius 2 is 2.17 bits per heavy atom. The lowest BCUT2D eigenvalue weighted by Gasteiger charge is -2.20. The molecule has 4 N–H and O–H groups in total. The van der Waals surface area contributed by atoms with Gasteiger partial charge in [-0.25, -0.2) is 0 Å². The Balaban J connectivity index is 3.68. The molecular formula is C8H18N2O2. The van der Waals surface area contributed by atoms with Gasteiger partial charge in [0.25, 0.3) is 0 Å². The van der Waals surface area contributed by atoms with Gasteiger partial charge in [-0.1, -0.05) is 13.8 Å². The molecule has 4 nitrogen and oxygen atoms in total. The highest BCUT2D eigenvalue weighted by Crippen LogP contribution is 2.18. The fraction of sp³-hybridized carbons (Fsp3) is 0.875. The van der Waals surface area contributed by atoms with Crippen molar-refractivity contribution in [2.24, 2.45) is 11.1 Å². The van der Waals surface area contributed by atoms with Crippen molar-refractivity contribution in [2.45, 2.75) is 20.3 Å². The number of rotatable bonds is 5. The van der Waals surface area contributed by atoms with Crippen LogP contribution in [0.1, 0.15) is 20.3 Å². The van der Waals surface area contributed by atoms with E-state index < -0.39 is 0 Å². The second-order valence-electron chi connectivity index (χ2n) is 3.64. The zero-order chi connectivity index (χ0) is 9.61. The van der Waals surface area contributed by atoms with E-state index in [1.807, 2.05) is 13.8 Å². The molecule has 0 aliphatic rings. The highest BCUT2D eigenvalue weighted by atomic mass is 16.3. The van der Waals surface area contributed by atoms with Crippen molar-refractivity contribution < 1.29 is 9.90 Å². The molecule has 0 aromatic heterocycles. The van der Waals surface area contributed by atoms with Crippen LogP contribution in [0.15, 0.2) is 0 Å². The van der Waals surface area contributed by atoms with Gasteiger partial charge in [0, 0.05) is 26.1 Å². The molecule has 0 bridgehead atoms. The standard InChI is InChI=1S/C8H18N2O2/c1-8(2,6-11)5-7(12)10-4-3-9/h11H,3-6,9H2,1-2H3,(H,10,12). The molecule has 0 aromatic carbocycles. The van der Waals surface area contributed by atoms with Crippen molar-refractivity contribution in [3.05, 3.63) is 0 Å². The summed E-state index contributed by atoms with van der Waals surface area (Å²) in [6.45, 7) is 4.65. The Kier molecular flexibility index (Phi) is 4.85. The Bertz CT molecular complexity index is 146. The molecule has 4 heteroatoms. The number of nitrogens with two attached hydrogens (primary N) is 1. The smallest absolute Gasteiger partial charge is 0.220 e. The Labute approximate surface area is 73.1 Å². The van der Waals surface area contributed by atoms with Crippen molar-refractivity contribution in [1.82, 2.24) is 5.32 Å². The number of carbonyl (C=O) groups is 1. The lowest BCUT2D eigenvalue weighted by molar-refractivity contribution is -0.123.